The molecule has 0 aliphatic heterocycles. The first-order valence-corrected chi connectivity index (χ1v) is 13.7. The Labute approximate surface area is 220 Å². The minimum Gasteiger partial charge on any atom is -0.489 e. The van der Waals surface area contributed by atoms with Crippen LogP contribution in [0.5, 0.6) is 5.75 Å². The summed E-state index contributed by atoms with van der Waals surface area (Å²) in [5.41, 5.74) is 2.73. The molecule has 198 valence electrons. The molecule has 10 heteroatoms. The Morgan fingerprint density at radius 3 is 2.50 bits per heavy atom. The fourth-order valence-electron chi connectivity index (χ4n) is 3.69. The average Bonchev–Trinajstić information content (AvgIpc) is 2.87. The van der Waals surface area contributed by atoms with Crippen LogP contribution in [0.1, 0.15) is 15.9 Å². The summed E-state index contributed by atoms with van der Waals surface area (Å²) < 4.78 is 42.1. The van der Waals surface area contributed by atoms with E-state index in [4.69, 9.17) is 13.9 Å². The van der Waals surface area contributed by atoms with Crippen LogP contribution in [-0.2, 0) is 21.4 Å². The number of carbonyl (C=O) groups excluding carboxylic acids is 1. The van der Waals surface area contributed by atoms with Crippen LogP contribution in [0.2, 0.25) is 0 Å². The number of benzene rings is 3. The fraction of sp³-hybridized carbons (Fsp3) is 0.214. The van der Waals surface area contributed by atoms with Crippen LogP contribution in [0.15, 0.2) is 82.2 Å². The molecule has 0 saturated heterocycles. The zero-order valence-electron chi connectivity index (χ0n) is 21.3. The SMILES string of the molecule is CN(C)CCOC(=O)c1cccc(COc2ccc3c(=O)c(-c4ccc(NS(C)(=O)=O)cc4)coc3c2)c1. The molecule has 0 radical (unpaired) electrons. The monoisotopic (exact) mass is 536 g/mol. The van der Waals surface area contributed by atoms with E-state index in [-0.39, 0.29) is 12.0 Å². The van der Waals surface area contributed by atoms with Crippen molar-refractivity contribution >= 4 is 32.6 Å². The second-order valence-corrected chi connectivity index (χ2v) is 10.8. The van der Waals surface area contributed by atoms with Crippen molar-refractivity contribution in [1.29, 1.82) is 0 Å². The molecule has 1 N–H and O–H groups in total. The molecule has 0 unspecified atom stereocenters. The number of nitrogens with one attached hydrogen (secondary N) is 1. The summed E-state index contributed by atoms with van der Waals surface area (Å²) in [7, 11) is 0.419. The van der Waals surface area contributed by atoms with Crippen LogP contribution < -0.4 is 14.9 Å². The number of hydrogen-bond donors (Lipinski definition) is 1. The van der Waals surface area contributed by atoms with E-state index < -0.39 is 16.0 Å². The fourth-order valence-corrected chi connectivity index (χ4v) is 4.25. The van der Waals surface area contributed by atoms with Gasteiger partial charge in [0.1, 0.15) is 30.8 Å². The second kappa shape index (κ2) is 11.5. The molecule has 0 amide bonds. The normalized spacial score (nSPS) is 11.5. The molecule has 1 aromatic heterocycles. The zero-order valence-corrected chi connectivity index (χ0v) is 22.1. The van der Waals surface area contributed by atoms with Gasteiger partial charge in [0.25, 0.3) is 0 Å². The first kappa shape index (κ1) is 26.9. The van der Waals surface area contributed by atoms with Gasteiger partial charge in [-0.25, -0.2) is 13.2 Å². The molecule has 0 aliphatic rings. The summed E-state index contributed by atoms with van der Waals surface area (Å²) in [5.74, 6) is 0.113. The molecular weight excluding hydrogens is 508 g/mol. The molecule has 0 saturated carbocycles. The number of nitrogens with zero attached hydrogens (tertiary/aromatic N) is 1. The summed E-state index contributed by atoms with van der Waals surface area (Å²) in [4.78, 5) is 27.3. The highest BCUT2D eigenvalue weighted by molar-refractivity contribution is 7.92. The van der Waals surface area contributed by atoms with Crippen molar-refractivity contribution in [2.24, 2.45) is 0 Å². The van der Waals surface area contributed by atoms with Gasteiger partial charge < -0.3 is 18.8 Å². The Kier molecular flexibility index (Phi) is 8.13. The van der Waals surface area contributed by atoms with Crippen molar-refractivity contribution in [1.82, 2.24) is 4.90 Å². The van der Waals surface area contributed by atoms with E-state index in [9.17, 15) is 18.0 Å². The third kappa shape index (κ3) is 6.99. The van der Waals surface area contributed by atoms with Gasteiger partial charge in [0.05, 0.1) is 22.8 Å². The van der Waals surface area contributed by atoms with Gasteiger partial charge >= 0.3 is 5.97 Å². The van der Waals surface area contributed by atoms with Crippen molar-refractivity contribution in [3.05, 3.63) is 94.3 Å². The van der Waals surface area contributed by atoms with Gasteiger partial charge in [0.2, 0.25) is 10.0 Å². The lowest BCUT2D eigenvalue weighted by Crippen LogP contribution is -2.20. The lowest BCUT2D eigenvalue weighted by molar-refractivity contribution is 0.0481. The highest BCUT2D eigenvalue weighted by atomic mass is 32.2. The number of esters is 1. The Bertz CT molecular complexity index is 1610. The highest BCUT2D eigenvalue weighted by Gasteiger charge is 2.12. The first-order chi connectivity index (χ1) is 18.1. The third-order valence-electron chi connectivity index (χ3n) is 5.59. The van der Waals surface area contributed by atoms with Crippen molar-refractivity contribution < 1.29 is 27.1 Å². The number of rotatable bonds is 10. The zero-order chi connectivity index (χ0) is 27.3. The Balaban J connectivity index is 1.45. The van der Waals surface area contributed by atoms with Gasteiger partial charge in [-0.15, -0.1) is 0 Å². The van der Waals surface area contributed by atoms with E-state index >= 15 is 0 Å². The van der Waals surface area contributed by atoms with Crippen molar-refractivity contribution in [2.75, 3.05) is 38.2 Å². The number of hydrogen-bond acceptors (Lipinski definition) is 8. The van der Waals surface area contributed by atoms with Crippen molar-refractivity contribution in [3.63, 3.8) is 0 Å². The van der Waals surface area contributed by atoms with E-state index in [0.29, 0.717) is 52.2 Å². The van der Waals surface area contributed by atoms with E-state index in [1.807, 2.05) is 25.1 Å². The maximum atomic E-state index is 13.1. The molecule has 9 nitrogen and oxygen atoms in total. The van der Waals surface area contributed by atoms with Crippen LogP contribution in [0.4, 0.5) is 5.69 Å². The molecule has 4 rings (SSSR count). The predicted octanol–water partition coefficient (Wildman–Crippen LogP) is 4.13. The first-order valence-electron chi connectivity index (χ1n) is 11.8. The number of carbonyl (C=O) groups is 1. The number of ether oxygens (including phenoxy) is 2. The molecule has 38 heavy (non-hydrogen) atoms. The van der Waals surface area contributed by atoms with E-state index in [0.717, 1.165) is 11.8 Å². The van der Waals surface area contributed by atoms with Crippen molar-refractivity contribution in [2.45, 2.75) is 6.61 Å². The largest absolute Gasteiger partial charge is 0.489 e. The van der Waals surface area contributed by atoms with Crippen LogP contribution in [0.3, 0.4) is 0 Å². The van der Waals surface area contributed by atoms with Crippen molar-refractivity contribution in [3.8, 4) is 16.9 Å². The van der Waals surface area contributed by atoms with Crippen LogP contribution in [0, 0.1) is 0 Å². The summed E-state index contributed by atoms with van der Waals surface area (Å²) in [6.07, 6.45) is 2.44. The minimum atomic E-state index is -3.39. The summed E-state index contributed by atoms with van der Waals surface area (Å²) in [6.45, 7) is 1.16. The molecule has 0 aliphatic carbocycles. The van der Waals surface area contributed by atoms with Gasteiger partial charge in [-0.05, 0) is 61.6 Å². The summed E-state index contributed by atoms with van der Waals surface area (Å²) in [5, 5.41) is 0.385. The number of likely N-dealkylation sites (N-methyl/N-ethyl adjacent to an activating group) is 1. The summed E-state index contributed by atoms with van der Waals surface area (Å²) >= 11 is 0. The number of sulfonamides is 1. The maximum Gasteiger partial charge on any atom is 0.338 e. The second-order valence-electron chi connectivity index (χ2n) is 9.02. The summed E-state index contributed by atoms with van der Waals surface area (Å²) in [6, 6.07) is 18.4. The maximum absolute atomic E-state index is 13.1. The minimum absolute atomic E-state index is 0.209. The number of anilines is 1. The van der Waals surface area contributed by atoms with E-state index in [1.165, 1.54) is 6.26 Å². The molecular formula is C28H28N2O7S. The lowest BCUT2D eigenvalue weighted by atomic mass is 10.1. The molecule has 0 fully saturated rings. The quantitative estimate of drug-likeness (QED) is 0.301. The molecule has 0 atom stereocenters. The van der Waals surface area contributed by atoms with Gasteiger partial charge in [0.15, 0.2) is 5.43 Å². The van der Waals surface area contributed by atoms with Gasteiger partial charge in [-0.1, -0.05) is 24.3 Å². The molecule has 4 aromatic rings. The highest BCUT2D eigenvalue weighted by Crippen LogP contribution is 2.25. The van der Waals surface area contributed by atoms with Crippen LogP contribution in [-0.4, -0.2) is 52.8 Å². The van der Waals surface area contributed by atoms with Crippen LogP contribution >= 0.6 is 0 Å². The Morgan fingerprint density at radius 1 is 1.03 bits per heavy atom. The van der Waals surface area contributed by atoms with Crippen LogP contribution in [0.25, 0.3) is 22.1 Å². The molecule has 0 bridgehead atoms. The average molecular weight is 537 g/mol. The number of fused-ring (bicyclic) bond motifs is 1. The van der Waals surface area contributed by atoms with E-state index in [2.05, 4.69) is 4.72 Å². The molecule has 3 aromatic carbocycles. The van der Waals surface area contributed by atoms with Gasteiger partial charge in [-0.2, -0.15) is 0 Å². The Morgan fingerprint density at radius 2 is 1.79 bits per heavy atom. The van der Waals surface area contributed by atoms with Gasteiger partial charge in [0, 0.05) is 18.3 Å². The lowest BCUT2D eigenvalue weighted by Gasteiger charge is -2.11. The standard InChI is InChI=1S/C28H28N2O7S/c1-30(2)13-14-35-28(32)21-6-4-5-19(15-21)17-36-23-11-12-24-26(16-23)37-18-25(27(24)31)20-7-9-22(10-8-20)29-38(3,33)34/h4-12,15-16,18,29H,13-14,17H2,1-3H3. The molecule has 0 spiro atoms. The molecule has 1 heterocycles. The topological polar surface area (TPSA) is 115 Å². The Hall–Kier alpha value is -4.15. The van der Waals surface area contributed by atoms with E-state index in [1.54, 1.807) is 60.7 Å². The smallest absolute Gasteiger partial charge is 0.338 e. The van der Waals surface area contributed by atoms with Gasteiger partial charge in [-0.3, -0.25) is 9.52 Å². The predicted molar refractivity (Wildman–Crippen MR) is 146 cm³/mol. The third-order valence-corrected chi connectivity index (χ3v) is 6.19.